The van der Waals surface area contributed by atoms with Gasteiger partial charge in [0, 0.05) is 12.1 Å². The van der Waals surface area contributed by atoms with E-state index < -0.39 is 0 Å². The van der Waals surface area contributed by atoms with Crippen molar-refractivity contribution in [3.63, 3.8) is 0 Å². The number of nitrogens with one attached hydrogen (secondary N) is 1. The fourth-order valence-electron chi connectivity index (χ4n) is 3.01. The molecule has 6 heteroatoms. The molecular formula is C19H18N4O2. The molecule has 0 spiro atoms. The number of methoxy groups -OCH3 is 1. The van der Waals surface area contributed by atoms with Crippen molar-refractivity contribution in [3.05, 3.63) is 59.7 Å². The molecule has 0 atom stereocenters. The summed E-state index contributed by atoms with van der Waals surface area (Å²) in [4.78, 5) is 23.6. The lowest BCUT2D eigenvalue weighted by molar-refractivity contribution is -0.119. The van der Waals surface area contributed by atoms with Crippen LogP contribution in [0.5, 0.6) is 5.75 Å². The molecule has 0 aromatic heterocycles. The van der Waals surface area contributed by atoms with Crippen molar-refractivity contribution in [2.24, 2.45) is 9.98 Å². The zero-order chi connectivity index (χ0) is 17.2. The molecule has 2 heterocycles. The van der Waals surface area contributed by atoms with Crippen molar-refractivity contribution in [3.8, 4) is 5.75 Å². The number of rotatable bonds is 3. The number of ether oxygens (including phenoxy) is 1. The van der Waals surface area contributed by atoms with E-state index in [0.29, 0.717) is 12.5 Å². The molecule has 6 nitrogen and oxygen atoms in total. The molecule has 25 heavy (non-hydrogen) atoms. The highest BCUT2D eigenvalue weighted by atomic mass is 16.5. The fraction of sp³-hybridized carbons (Fsp3) is 0.211. The van der Waals surface area contributed by atoms with Crippen LogP contribution in [0.25, 0.3) is 0 Å². The third-order valence-corrected chi connectivity index (χ3v) is 4.24. The molecule has 0 saturated heterocycles. The lowest BCUT2D eigenvalue weighted by atomic mass is 10.1. The van der Waals surface area contributed by atoms with Crippen LogP contribution in [0, 0.1) is 0 Å². The third-order valence-electron chi connectivity index (χ3n) is 4.24. The van der Waals surface area contributed by atoms with Crippen molar-refractivity contribution >= 4 is 23.4 Å². The second-order valence-electron chi connectivity index (χ2n) is 5.88. The normalized spacial score (nSPS) is 15.0. The molecule has 2 aliphatic rings. The number of carbonyl (C=O) groups is 1. The zero-order valence-electron chi connectivity index (χ0n) is 13.9. The first-order valence-corrected chi connectivity index (χ1v) is 8.17. The summed E-state index contributed by atoms with van der Waals surface area (Å²) >= 11 is 0. The molecule has 0 unspecified atom stereocenters. The van der Waals surface area contributed by atoms with Gasteiger partial charge in [-0.15, -0.1) is 0 Å². The summed E-state index contributed by atoms with van der Waals surface area (Å²) in [7, 11) is 1.62. The van der Waals surface area contributed by atoms with E-state index >= 15 is 0 Å². The largest absolute Gasteiger partial charge is 0.497 e. The van der Waals surface area contributed by atoms with E-state index in [9.17, 15) is 4.79 Å². The van der Waals surface area contributed by atoms with Gasteiger partial charge >= 0.3 is 0 Å². The number of aliphatic imine (C=N–C) groups is 2. The van der Waals surface area contributed by atoms with Crippen LogP contribution >= 0.6 is 0 Å². The summed E-state index contributed by atoms with van der Waals surface area (Å²) in [5.74, 6) is 2.10. The zero-order valence-corrected chi connectivity index (χ0v) is 13.9. The van der Waals surface area contributed by atoms with E-state index in [0.717, 1.165) is 34.9 Å². The topological polar surface area (TPSA) is 66.3 Å². The Morgan fingerprint density at radius 1 is 1.20 bits per heavy atom. The Hall–Kier alpha value is -3.15. The van der Waals surface area contributed by atoms with Gasteiger partial charge in [0.25, 0.3) is 0 Å². The molecule has 126 valence electrons. The van der Waals surface area contributed by atoms with Crippen LogP contribution < -0.4 is 10.1 Å². The molecule has 2 aromatic carbocycles. The number of amides is 1. The summed E-state index contributed by atoms with van der Waals surface area (Å²) in [5.41, 5.74) is 2.76. The van der Waals surface area contributed by atoms with Crippen LogP contribution in [0.1, 0.15) is 11.1 Å². The number of guanidine groups is 1. The van der Waals surface area contributed by atoms with Crippen LogP contribution in [0.4, 0.5) is 5.69 Å². The molecule has 0 bridgehead atoms. The minimum absolute atomic E-state index is 0.102. The number of fused-ring (bicyclic) bond motifs is 3. The Morgan fingerprint density at radius 3 is 2.80 bits per heavy atom. The van der Waals surface area contributed by atoms with Gasteiger partial charge in [-0.2, -0.15) is 0 Å². The number of nitrogens with zero attached hydrogens (tertiary/aromatic N) is 3. The third kappa shape index (κ3) is 2.98. The standard InChI is InChI=1S/C19H18N4O2/c1-25-14-8-6-13(7-9-14)12-17(24)22-19-21-16-5-3-2-4-15(16)18-20-10-11-23(18)19/h2-9H,10-12H2,1H3,(H,21,22,24). The van der Waals surface area contributed by atoms with E-state index in [1.165, 1.54) is 0 Å². The monoisotopic (exact) mass is 334 g/mol. The van der Waals surface area contributed by atoms with Crippen molar-refractivity contribution in [1.82, 2.24) is 10.2 Å². The first-order chi connectivity index (χ1) is 12.2. The predicted octanol–water partition coefficient (Wildman–Crippen LogP) is 2.12. The van der Waals surface area contributed by atoms with Crippen LogP contribution in [-0.4, -0.2) is 42.8 Å². The van der Waals surface area contributed by atoms with Crippen molar-refractivity contribution in [1.29, 1.82) is 0 Å². The van der Waals surface area contributed by atoms with Gasteiger partial charge in [-0.1, -0.05) is 24.3 Å². The average Bonchev–Trinajstić information content (AvgIpc) is 3.13. The van der Waals surface area contributed by atoms with E-state index in [4.69, 9.17) is 4.74 Å². The first kappa shape index (κ1) is 15.4. The summed E-state index contributed by atoms with van der Waals surface area (Å²) in [6.45, 7) is 1.43. The summed E-state index contributed by atoms with van der Waals surface area (Å²) in [6.07, 6.45) is 0.283. The maximum Gasteiger partial charge on any atom is 0.231 e. The number of benzene rings is 2. The number of hydrogen-bond acceptors (Lipinski definition) is 5. The number of para-hydroxylation sites is 1. The summed E-state index contributed by atoms with van der Waals surface area (Å²) in [6, 6.07) is 15.3. The molecule has 0 fully saturated rings. The van der Waals surface area contributed by atoms with Crippen LogP contribution in [0.15, 0.2) is 58.5 Å². The maximum atomic E-state index is 12.4. The van der Waals surface area contributed by atoms with Crippen LogP contribution in [0.2, 0.25) is 0 Å². The molecule has 1 amide bonds. The van der Waals surface area contributed by atoms with Gasteiger partial charge in [-0.05, 0) is 29.8 Å². The van der Waals surface area contributed by atoms with Gasteiger partial charge in [0.05, 0.1) is 25.8 Å². The number of amidine groups is 1. The minimum atomic E-state index is -0.102. The summed E-state index contributed by atoms with van der Waals surface area (Å²) < 4.78 is 5.14. The minimum Gasteiger partial charge on any atom is -0.497 e. The SMILES string of the molecule is COc1ccc(CC(=O)NC2=Nc3ccccc3C3=NCCN23)cc1. The van der Waals surface area contributed by atoms with E-state index in [-0.39, 0.29) is 12.3 Å². The predicted molar refractivity (Wildman–Crippen MR) is 96.5 cm³/mol. The van der Waals surface area contributed by atoms with Gasteiger partial charge in [0.15, 0.2) is 0 Å². The quantitative estimate of drug-likeness (QED) is 0.935. The van der Waals surface area contributed by atoms with Crippen molar-refractivity contribution in [2.45, 2.75) is 6.42 Å². The van der Waals surface area contributed by atoms with Crippen molar-refractivity contribution in [2.75, 3.05) is 20.2 Å². The Morgan fingerprint density at radius 2 is 2.00 bits per heavy atom. The summed E-state index contributed by atoms with van der Waals surface area (Å²) in [5, 5.41) is 2.93. The fourth-order valence-corrected chi connectivity index (χ4v) is 3.01. The van der Waals surface area contributed by atoms with Gasteiger partial charge in [0.2, 0.25) is 11.9 Å². The smallest absolute Gasteiger partial charge is 0.231 e. The highest BCUT2D eigenvalue weighted by Gasteiger charge is 2.29. The lowest BCUT2D eigenvalue weighted by Crippen LogP contribution is -2.48. The first-order valence-electron chi connectivity index (χ1n) is 8.17. The lowest BCUT2D eigenvalue weighted by Gasteiger charge is -2.27. The molecule has 2 aliphatic heterocycles. The van der Waals surface area contributed by atoms with Crippen LogP contribution in [-0.2, 0) is 11.2 Å². The highest BCUT2D eigenvalue weighted by molar-refractivity contribution is 6.17. The second kappa shape index (κ2) is 6.39. The molecule has 4 rings (SSSR count). The van der Waals surface area contributed by atoms with E-state index in [1.807, 2.05) is 53.4 Å². The van der Waals surface area contributed by atoms with Gasteiger partial charge in [0.1, 0.15) is 11.6 Å². The highest BCUT2D eigenvalue weighted by Crippen LogP contribution is 2.27. The van der Waals surface area contributed by atoms with Gasteiger partial charge in [-0.25, -0.2) is 4.99 Å². The molecule has 0 radical (unpaired) electrons. The number of carbonyl (C=O) groups excluding carboxylic acids is 1. The maximum absolute atomic E-state index is 12.4. The van der Waals surface area contributed by atoms with E-state index in [1.54, 1.807) is 7.11 Å². The van der Waals surface area contributed by atoms with Gasteiger partial charge in [-0.3, -0.25) is 20.0 Å². The molecule has 0 aliphatic carbocycles. The Bertz CT molecular complexity index is 871. The second-order valence-corrected chi connectivity index (χ2v) is 5.88. The molecular weight excluding hydrogens is 316 g/mol. The van der Waals surface area contributed by atoms with E-state index in [2.05, 4.69) is 15.3 Å². The molecule has 1 N–H and O–H groups in total. The molecule has 0 saturated carbocycles. The molecule has 2 aromatic rings. The van der Waals surface area contributed by atoms with Gasteiger partial charge < -0.3 is 4.74 Å². The Labute approximate surface area is 145 Å². The Kier molecular flexibility index (Phi) is 3.93. The van der Waals surface area contributed by atoms with Crippen LogP contribution in [0.3, 0.4) is 0 Å². The number of hydrogen-bond donors (Lipinski definition) is 1. The van der Waals surface area contributed by atoms with Crippen molar-refractivity contribution < 1.29 is 9.53 Å². The Balaban J connectivity index is 1.52. The average molecular weight is 334 g/mol.